The number of nitrogens with one attached hydrogen (secondary N) is 1. The van der Waals surface area contributed by atoms with Crippen LogP contribution in [-0.2, 0) is 9.53 Å². The minimum absolute atomic E-state index is 0.251. The molecule has 0 saturated heterocycles. The number of carbonyl (C=O) groups excluding carboxylic acids is 2. The maximum atomic E-state index is 11.9. The van der Waals surface area contributed by atoms with Crippen LogP contribution in [0.25, 0.3) is 0 Å². The average Bonchev–Trinajstić information content (AvgIpc) is 2.25. The minimum Gasteiger partial charge on any atom is -0.444 e. The molecule has 20 heavy (non-hydrogen) atoms. The molecule has 0 aromatic rings. The zero-order valence-corrected chi connectivity index (χ0v) is 13.7. The predicted octanol–water partition coefficient (Wildman–Crippen LogP) is 3.69. The van der Waals surface area contributed by atoms with Gasteiger partial charge in [-0.05, 0) is 57.8 Å². The summed E-state index contributed by atoms with van der Waals surface area (Å²) >= 11 is 0. The number of hydrogen-bond acceptors (Lipinski definition) is 3. The van der Waals surface area contributed by atoms with E-state index >= 15 is 0 Å². The van der Waals surface area contributed by atoms with Gasteiger partial charge in [0.25, 0.3) is 0 Å². The quantitative estimate of drug-likeness (QED) is 0.786. The van der Waals surface area contributed by atoms with Crippen molar-refractivity contribution in [3.63, 3.8) is 0 Å². The van der Waals surface area contributed by atoms with Gasteiger partial charge >= 0.3 is 6.09 Å². The van der Waals surface area contributed by atoms with Gasteiger partial charge in [0.2, 0.25) is 0 Å². The number of alkyl carbamates (subject to hydrolysis) is 1. The third kappa shape index (κ3) is 4.80. The molecule has 1 rings (SSSR count). The van der Waals surface area contributed by atoms with Crippen molar-refractivity contribution >= 4 is 12.4 Å². The molecule has 0 aliphatic heterocycles. The lowest BCUT2D eigenvalue weighted by molar-refractivity contribution is -0.115. The van der Waals surface area contributed by atoms with E-state index in [0.29, 0.717) is 18.8 Å². The molecule has 1 aliphatic rings. The zero-order valence-electron chi connectivity index (χ0n) is 13.7. The number of carbonyl (C=O) groups is 2. The van der Waals surface area contributed by atoms with E-state index in [2.05, 4.69) is 26.1 Å². The van der Waals surface area contributed by atoms with Gasteiger partial charge < -0.3 is 14.8 Å². The molecule has 0 unspecified atom stereocenters. The number of rotatable bonds is 2. The Kier molecular flexibility index (Phi) is 4.88. The van der Waals surface area contributed by atoms with Crippen molar-refractivity contribution in [2.24, 2.45) is 11.3 Å². The number of hydrogen-bond donors (Lipinski definition) is 1. The molecule has 4 heteroatoms. The van der Waals surface area contributed by atoms with E-state index in [0.717, 1.165) is 19.1 Å². The van der Waals surface area contributed by atoms with E-state index in [-0.39, 0.29) is 5.41 Å². The standard InChI is InChI=1S/C16H29NO3/c1-14(2,3)12-7-9-16(11-18,10-8-12)17-13(19)20-15(4,5)6/h11-12H,7-10H2,1-6H3,(H,17,19). The smallest absolute Gasteiger partial charge is 0.408 e. The summed E-state index contributed by atoms with van der Waals surface area (Å²) in [6, 6.07) is 0. The molecule has 0 spiro atoms. The van der Waals surface area contributed by atoms with Crippen molar-refractivity contribution in [3.05, 3.63) is 0 Å². The second kappa shape index (κ2) is 5.74. The summed E-state index contributed by atoms with van der Waals surface area (Å²) in [5.74, 6) is 0.594. The normalized spacial score (nSPS) is 27.8. The molecule has 0 atom stereocenters. The summed E-state index contributed by atoms with van der Waals surface area (Å²) in [6.45, 7) is 12.1. The molecule has 1 fully saturated rings. The fourth-order valence-electron chi connectivity index (χ4n) is 2.78. The first kappa shape index (κ1) is 17.0. The fourth-order valence-corrected chi connectivity index (χ4v) is 2.78. The van der Waals surface area contributed by atoms with E-state index in [4.69, 9.17) is 4.74 Å². The first-order valence-electron chi connectivity index (χ1n) is 7.45. The summed E-state index contributed by atoms with van der Waals surface area (Å²) < 4.78 is 5.25. The SMILES string of the molecule is CC(C)(C)OC(=O)NC1(C=O)CCC(C(C)(C)C)CC1. The van der Waals surface area contributed by atoms with Crippen LogP contribution >= 0.6 is 0 Å². The summed E-state index contributed by atoms with van der Waals surface area (Å²) in [7, 11) is 0. The zero-order chi connectivity index (χ0) is 15.6. The molecular formula is C16H29NO3. The lowest BCUT2D eigenvalue weighted by Gasteiger charge is -2.41. The van der Waals surface area contributed by atoms with Crippen LogP contribution in [-0.4, -0.2) is 23.5 Å². The Labute approximate surface area is 122 Å². The highest BCUT2D eigenvalue weighted by Gasteiger charge is 2.40. The van der Waals surface area contributed by atoms with E-state index in [1.165, 1.54) is 0 Å². The van der Waals surface area contributed by atoms with E-state index in [1.807, 2.05) is 20.8 Å². The summed E-state index contributed by atoms with van der Waals surface area (Å²) in [6.07, 6.45) is 3.68. The summed E-state index contributed by atoms with van der Waals surface area (Å²) in [4.78, 5) is 23.3. The van der Waals surface area contributed by atoms with Crippen LogP contribution in [0, 0.1) is 11.3 Å². The van der Waals surface area contributed by atoms with Crippen LogP contribution < -0.4 is 5.32 Å². The van der Waals surface area contributed by atoms with Crippen LogP contribution in [0.2, 0.25) is 0 Å². The maximum Gasteiger partial charge on any atom is 0.408 e. The second-order valence-corrected chi connectivity index (χ2v) is 8.04. The van der Waals surface area contributed by atoms with Crippen LogP contribution in [0.5, 0.6) is 0 Å². The Hall–Kier alpha value is -1.06. The molecule has 0 radical (unpaired) electrons. The van der Waals surface area contributed by atoms with Gasteiger partial charge in [0.1, 0.15) is 11.9 Å². The average molecular weight is 283 g/mol. The Bertz CT molecular complexity index is 355. The molecular weight excluding hydrogens is 254 g/mol. The monoisotopic (exact) mass is 283 g/mol. The van der Waals surface area contributed by atoms with Gasteiger partial charge in [-0.1, -0.05) is 20.8 Å². The molecule has 1 amide bonds. The lowest BCUT2D eigenvalue weighted by atomic mass is 9.67. The molecule has 1 aliphatic carbocycles. The predicted molar refractivity (Wildman–Crippen MR) is 79.6 cm³/mol. The number of aldehydes is 1. The highest BCUT2D eigenvalue weighted by Crippen LogP contribution is 2.40. The fraction of sp³-hybridized carbons (Fsp3) is 0.875. The van der Waals surface area contributed by atoms with E-state index in [1.54, 1.807) is 0 Å². The highest BCUT2D eigenvalue weighted by molar-refractivity contribution is 5.76. The van der Waals surface area contributed by atoms with E-state index in [9.17, 15) is 9.59 Å². The molecule has 0 bridgehead atoms. The van der Waals surface area contributed by atoms with Crippen LogP contribution in [0.3, 0.4) is 0 Å². The van der Waals surface area contributed by atoms with Crippen molar-refractivity contribution in [2.75, 3.05) is 0 Å². The number of amides is 1. The first-order valence-corrected chi connectivity index (χ1v) is 7.45. The Morgan fingerprint density at radius 1 is 1.15 bits per heavy atom. The van der Waals surface area contributed by atoms with Gasteiger partial charge in [0.05, 0.1) is 5.54 Å². The maximum absolute atomic E-state index is 11.9. The highest BCUT2D eigenvalue weighted by atomic mass is 16.6. The Morgan fingerprint density at radius 2 is 1.65 bits per heavy atom. The molecule has 0 heterocycles. The van der Waals surface area contributed by atoms with Crippen molar-refractivity contribution in [2.45, 2.75) is 78.4 Å². The second-order valence-electron chi connectivity index (χ2n) is 8.04. The van der Waals surface area contributed by atoms with Crippen molar-refractivity contribution in [1.82, 2.24) is 5.32 Å². The molecule has 1 N–H and O–H groups in total. The largest absolute Gasteiger partial charge is 0.444 e. The summed E-state index contributed by atoms with van der Waals surface area (Å²) in [5, 5.41) is 2.78. The van der Waals surface area contributed by atoms with Crippen molar-refractivity contribution in [1.29, 1.82) is 0 Å². The van der Waals surface area contributed by atoms with Crippen LogP contribution in [0.1, 0.15) is 67.2 Å². The van der Waals surface area contributed by atoms with Gasteiger partial charge in [-0.3, -0.25) is 0 Å². The third-order valence-electron chi connectivity index (χ3n) is 4.08. The first-order chi connectivity index (χ1) is 8.97. The Morgan fingerprint density at radius 3 is 2.00 bits per heavy atom. The van der Waals surface area contributed by atoms with Crippen molar-refractivity contribution in [3.8, 4) is 0 Å². The Balaban J connectivity index is 2.63. The number of ether oxygens (including phenoxy) is 1. The molecule has 116 valence electrons. The third-order valence-corrected chi connectivity index (χ3v) is 4.08. The molecule has 0 aromatic carbocycles. The van der Waals surface area contributed by atoms with Gasteiger partial charge in [0, 0.05) is 0 Å². The van der Waals surface area contributed by atoms with E-state index < -0.39 is 17.2 Å². The van der Waals surface area contributed by atoms with Gasteiger partial charge in [-0.25, -0.2) is 4.79 Å². The van der Waals surface area contributed by atoms with Crippen molar-refractivity contribution < 1.29 is 14.3 Å². The van der Waals surface area contributed by atoms with Gasteiger partial charge in [0.15, 0.2) is 0 Å². The van der Waals surface area contributed by atoms with Gasteiger partial charge in [-0.15, -0.1) is 0 Å². The lowest BCUT2D eigenvalue weighted by Crippen LogP contribution is -2.53. The molecule has 1 saturated carbocycles. The van der Waals surface area contributed by atoms with Gasteiger partial charge in [-0.2, -0.15) is 0 Å². The molecule has 0 aromatic heterocycles. The minimum atomic E-state index is -0.746. The molecule has 4 nitrogen and oxygen atoms in total. The topological polar surface area (TPSA) is 55.4 Å². The van der Waals surface area contributed by atoms with Crippen LogP contribution in [0.15, 0.2) is 0 Å². The summed E-state index contributed by atoms with van der Waals surface area (Å²) in [5.41, 5.74) is -1.04. The van der Waals surface area contributed by atoms with Crippen LogP contribution in [0.4, 0.5) is 4.79 Å².